The zero-order chi connectivity index (χ0) is 23.1. The monoisotopic (exact) mass is 437 g/mol. The summed E-state index contributed by atoms with van der Waals surface area (Å²) < 4.78 is 0. The zero-order valence-electron chi connectivity index (χ0n) is 18.5. The highest BCUT2D eigenvalue weighted by Crippen LogP contribution is 2.28. The summed E-state index contributed by atoms with van der Waals surface area (Å²) in [7, 11) is 0. The highest BCUT2D eigenvalue weighted by atomic mass is 16.4. The van der Waals surface area contributed by atoms with E-state index in [-0.39, 0.29) is 18.6 Å². The van der Waals surface area contributed by atoms with Crippen LogP contribution >= 0.6 is 0 Å². The molecule has 1 heterocycles. The standard InChI is InChI=1S/C24H31N5O3/c1-4-5-10-21(30)29(22(16(2)3)24(31)32)15-17-11-13-18(14-12-17)19-8-6-7-9-20(19)23-25-27-28-26-23/h6-9,11-14,22-23,25-28H,2,4-5,10,15H2,1,3H3,(H,31,32)/t22-/m0/s1. The van der Waals surface area contributed by atoms with E-state index in [4.69, 9.17) is 0 Å². The van der Waals surface area contributed by atoms with Crippen LogP contribution in [0, 0.1) is 0 Å². The lowest BCUT2D eigenvalue weighted by Crippen LogP contribution is -2.45. The molecule has 0 bridgehead atoms. The van der Waals surface area contributed by atoms with Crippen molar-refractivity contribution in [2.45, 2.75) is 51.9 Å². The minimum atomic E-state index is -1.06. The minimum absolute atomic E-state index is 0.0931. The molecule has 2 aromatic rings. The molecule has 1 fully saturated rings. The van der Waals surface area contributed by atoms with Crippen molar-refractivity contribution in [2.75, 3.05) is 0 Å². The lowest BCUT2D eigenvalue weighted by molar-refractivity contribution is -0.149. The zero-order valence-corrected chi connectivity index (χ0v) is 18.5. The van der Waals surface area contributed by atoms with E-state index < -0.39 is 12.0 Å². The van der Waals surface area contributed by atoms with Gasteiger partial charge in [0.2, 0.25) is 5.91 Å². The van der Waals surface area contributed by atoms with Crippen LogP contribution in [0.25, 0.3) is 11.1 Å². The van der Waals surface area contributed by atoms with Gasteiger partial charge in [-0.3, -0.25) is 4.79 Å². The Labute approximate surface area is 188 Å². The fourth-order valence-corrected chi connectivity index (χ4v) is 3.81. The highest BCUT2D eigenvalue weighted by molar-refractivity contribution is 5.85. The summed E-state index contributed by atoms with van der Waals surface area (Å²) in [6.45, 7) is 7.67. The number of carbonyl (C=O) groups excluding carboxylic acids is 1. The van der Waals surface area contributed by atoms with E-state index in [1.54, 1.807) is 6.92 Å². The van der Waals surface area contributed by atoms with Gasteiger partial charge < -0.3 is 10.0 Å². The van der Waals surface area contributed by atoms with Crippen LogP contribution in [-0.2, 0) is 16.1 Å². The number of unbranched alkanes of at least 4 members (excludes halogenated alkanes) is 1. The van der Waals surface area contributed by atoms with Crippen LogP contribution in [0.5, 0.6) is 0 Å². The predicted molar refractivity (Wildman–Crippen MR) is 123 cm³/mol. The predicted octanol–water partition coefficient (Wildman–Crippen LogP) is 3.02. The van der Waals surface area contributed by atoms with Crippen LogP contribution in [0.1, 0.15) is 50.4 Å². The van der Waals surface area contributed by atoms with Crippen LogP contribution < -0.4 is 21.9 Å². The molecule has 0 aromatic heterocycles. The van der Waals surface area contributed by atoms with Gasteiger partial charge in [0.05, 0.1) is 0 Å². The van der Waals surface area contributed by atoms with Crippen molar-refractivity contribution >= 4 is 11.9 Å². The number of carboxylic acids is 1. The average molecular weight is 438 g/mol. The Balaban J connectivity index is 1.84. The molecule has 1 atom stereocenters. The van der Waals surface area contributed by atoms with Gasteiger partial charge in [0.15, 0.2) is 6.04 Å². The molecule has 1 saturated heterocycles. The summed E-state index contributed by atoms with van der Waals surface area (Å²) in [6.07, 6.45) is 1.82. The first-order chi connectivity index (χ1) is 15.4. The average Bonchev–Trinajstić information content (AvgIpc) is 3.32. The van der Waals surface area contributed by atoms with Gasteiger partial charge in [-0.1, -0.05) is 68.5 Å². The first-order valence-electron chi connectivity index (χ1n) is 10.8. The number of amides is 1. The maximum Gasteiger partial charge on any atom is 0.330 e. The third kappa shape index (κ3) is 5.60. The van der Waals surface area contributed by atoms with E-state index in [1.807, 2.05) is 55.5 Å². The van der Waals surface area contributed by atoms with Gasteiger partial charge in [0, 0.05) is 13.0 Å². The molecule has 3 rings (SSSR count). The number of hydrazine groups is 3. The summed E-state index contributed by atoms with van der Waals surface area (Å²) in [5, 5.41) is 9.72. The van der Waals surface area contributed by atoms with E-state index >= 15 is 0 Å². The maximum absolute atomic E-state index is 12.8. The Bertz CT molecular complexity index is 940. The Morgan fingerprint density at radius 3 is 2.34 bits per heavy atom. The normalized spacial score (nSPS) is 14.8. The number of carboxylic acid groups (broad SMARTS) is 1. The number of rotatable bonds is 10. The number of nitrogens with one attached hydrogen (secondary N) is 4. The quantitative estimate of drug-likeness (QED) is 0.364. The minimum Gasteiger partial charge on any atom is -0.479 e. The fourth-order valence-electron chi connectivity index (χ4n) is 3.81. The Kier molecular flexibility index (Phi) is 8.13. The molecule has 0 spiro atoms. The van der Waals surface area contributed by atoms with Crippen LogP contribution in [-0.4, -0.2) is 27.9 Å². The van der Waals surface area contributed by atoms with Crippen LogP contribution in [0.15, 0.2) is 60.7 Å². The van der Waals surface area contributed by atoms with Gasteiger partial charge in [-0.15, -0.1) is 0 Å². The molecule has 1 aliphatic heterocycles. The summed E-state index contributed by atoms with van der Waals surface area (Å²) in [5.41, 5.74) is 16.3. The van der Waals surface area contributed by atoms with Gasteiger partial charge in [-0.2, -0.15) is 11.1 Å². The molecule has 8 heteroatoms. The van der Waals surface area contributed by atoms with Crippen LogP contribution in [0.2, 0.25) is 0 Å². The molecule has 0 aliphatic carbocycles. The molecule has 32 heavy (non-hydrogen) atoms. The van der Waals surface area contributed by atoms with E-state index in [2.05, 4.69) is 28.5 Å². The third-order valence-corrected chi connectivity index (χ3v) is 5.46. The molecule has 1 aliphatic rings. The van der Waals surface area contributed by atoms with Crippen molar-refractivity contribution in [1.82, 2.24) is 26.8 Å². The van der Waals surface area contributed by atoms with Gasteiger partial charge in [-0.25, -0.2) is 15.6 Å². The lowest BCUT2D eigenvalue weighted by Gasteiger charge is -2.29. The number of aliphatic carboxylic acids is 1. The number of nitrogens with zero attached hydrogens (tertiary/aromatic N) is 1. The third-order valence-electron chi connectivity index (χ3n) is 5.46. The molecule has 8 nitrogen and oxygen atoms in total. The SMILES string of the molecule is C=C(C)[C@@H](C(=O)O)N(Cc1ccc(-c2ccccc2C2NNNN2)cc1)C(=O)CCCC. The molecule has 0 saturated carbocycles. The second kappa shape index (κ2) is 11.0. The number of carbonyl (C=O) groups is 2. The van der Waals surface area contributed by atoms with Crippen molar-refractivity contribution in [1.29, 1.82) is 0 Å². The Morgan fingerprint density at radius 1 is 1.09 bits per heavy atom. The highest BCUT2D eigenvalue weighted by Gasteiger charge is 2.30. The largest absolute Gasteiger partial charge is 0.479 e. The fraction of sp³-hybridized carbons (Fsp3) is 0.333. The van der Waals surface area contributed by atoms with Crippen molar-refractivity contribution < 1.29 is 14.7 Å². The van der Waals surface area contributed by atoms with Crippen molar-refractivity contribution in [3.63, 3.8) is 0 Å². The molecular formula is C24H31N5O3. The van der Waals surface area contributed by atoms with Crippen LogP contribution in [0.4, 0.5) is 0 Å². The van der Waals surface area contributed by atoms with Crippen LogP contribution in [0.3, 0.4) is 0 Å². The molecule has 1 amide bonds. The Hall–Kier alpha value is -3.04. The lowest BCUT2D eigenvalue weighted by atomic mass is 9.97. The summed E-state index contributed by atoms with van der Waals surface area (Å²) in [4.78, 5) is 26.1. The first kappa shape index (κ1) is 23.6. The second-order valence-electron chi connectivity index (χ2n) is 7.97. The van der Waals surface area contributed by atoms with Gasteiger partial charge >= 0.3 is 5.97 Å². The summed E-state index contributed by atoms with van der Waals surface area (Å²) >= 11 is 0. The first-order valence-corrected chi connectivity index (χ1v) is 10.8. The molecule has 0 radical (unpaired) electrons. The molecule has 170 valence electrons. The smallest absolute Gasteiger partial charge is 0.330 e. The van der Waals surface area contributed by atoms with Crippen molar-refractivity contribution in [3.05, 3.63) is 71.8 Å². The van der Waals surface area contributed by atoms with E-state index in [0.717, 1.165) is 35.1 Å². The van der Waals surface area contributed by atoms with E-state index in [1.165, 1.54) is 4.90 Å². The van der Waals surface area contributed by atoms with Gasteiger partial charge in [0.1, 0.15) is 6.17 Å². The molecule has 5 N–H and O–H groups in total. The maximum atomic E-state index is 12.8. The second-order valence-corrected chi connectivity index (χ2v) is 7.97. The number of hydrogen-bond donors (Lipinski definition) is 5. The van der Waals surface area contributed by atoms with E-state index in [0.29, 0.717) is 12.0 Å². The Morgan fingerprint density at radius 2 is 1.75 bits per heavy atom. The molecule has 0 unspecified atom stereocenters. The number of hydrogen-bond acceptors (Lipinski definition) is 6. The van der Waals surface area contributed by atoms with Crippen molar-refractivity contribution in [2.24, 2.45) is 0 Å². The van der Waals surface area contributed by atoms with E-state index in [9.17, 15) is 14.7 Å². The van der Waals surface area contributed by atoms with Gasteiger partial charge in [-0.05, 0) is 41.2 Å². The molecular weight excluding hydrogens is 406 g/mol. The number of benzene rings is 2. The topological polar surface area (TPSA) is 106 Å². The summed E-state index contributed by atoms with van der Waals surface area (Å²) in [5.74, 6) is -1.23. The van der Waals surface area contributed by atoms with Crippen molar-refractivity contribution in [3.8, 4) is 11.1 Å². The van der Waals surface area contributed by atoms with Gasteiger partial charge in [0.25, 0.3) is 0 Å². The molecule has 2 aromatic carbocycles. The summed E-state index contributed by atoms with van der Waals surface area (Å²) in [6, 6.07) is 14.9.